The average Bonchev–Trinajstić information content (AvgIpc) is 3.06. The van der Waals surface area contributed by atoms with E-state index in [0.717, 1.165) is 44.8 Å². The number of fused-ring (bicyclic) bond motifs is 1. The van der Waals surface area contributed by atoms with Gasteiger partial charge in [-0.05, 0) is 31.9 Å². The highest BCUT2D eigenvalue weighted by molar-refractivity contribution is 5.96. The lowest BCUT2D eigenvalue weighted by molar-refractivity contribution is -0.133. The molecule has 1 aromatic carbocycles. The Kier molecular flexibility index (Phi) is 5.94. The first kappa shape index (κ1) is 18.9. The zero-order valence-corrected chi connectivity index (χ0v) is 16.1. The van der Waals surface area contributed by atoms with E-state index in [4.69, 9.17) is 0 Å². The Labute approximate surface area is 156 Å². The number of hydrogen-bond acceptors (Lipinski definition) is 4. The van der Waals surface area contributed by atoms with E-state index in [9.17, 15) is 9.59 Å². The highest BCUT2D eigenvalue weighted by Crippen LogP contribution is 2.27. The second kappa shape index (κ2) is 8.18. The van der Waals surface area contributed by atoms with Crippen molar-refractivity contribution in [3.63, 3.8) is 0 Å². The summed E-state index contributed by atoms with van der Waals surface area (Å²) in [5.41, 5.74) is 2.33. The lowest BCUT2D eigenvalue weighted by Gasteiger charge is -2.35. The number of benzene rings is 1. The monoisotopic (exact) mass is 358 g/mol. The number of para-hydroxylation sites is 1. The fourth-order valence-corrected chi connectivity index (χ4v) is 3.57. The highest BCUT2D eigenvalue weighted by atomic mass is 16.2. The van der Waals surface area contributed by atoms with Crippen molar-refractivity contribution in [2.75, 3.05) is 57.8 Å². The number of carbonyl (C=O) groups is 2. The van der Waals surface area contributed by atoms with Crippen LogP contribution < -0.4 is 4.90 Å². The summed E-state index contributed by atoms with van der Waals surface area (Å²) in [4.78, 5) is 33.0. The number of nitrogens with zero attached hydrogens (tertiary/aromatic N) is 4. The molecule has 1 saturated heterocycles. The molecular weight excluding hydrogens is 328 g/mol. The third kappa shape index (κ3) is 4.24. The summed E-state index contributed by atoms with van der Waals surface area (Å²) in [6.07, 6.45) is 0.946. The van der Waals surface area contributed by atoms with Crippen LogP contribution in [0.2, 0.25) is 0 Å². The van der Waals surface area contributed by atoms with E-state index in [0.29, 0.717) is 13.1 Å². The van der Waals surface area contributed by atoms with Gasteiger partial charge in [-0.2, -0.15) is 0 Å². The highest BCUT2D eigenvalue weighted by Gasteiger charge is 2.27. The first-order valence-electron chi connectivity index (χ1n) is 9.54. The molecule has 1 aromatic rings. The molecular formula is C20H30N4O2. The molecule has 0 aromatic heterocycles. The fourth-order valence-electron chi connectivity index (χ4n) is 3.57. The predicted molar refractivity (Wildman–Crippen MR) is 103 cm³/mol. The summed E-state index contributed by atoms with van der Waals surface area (Å²) in [5.74, 6) is 0.345. The smallest absolute Gasteiger partial charge is 0.241 e. The number of anilines is 1. The Morgan fingerprint density at radius 3 is 2.27 bits per heavy atom. The zero-order valence-electron chi connectivity index (χ0n) is 16.1. The van der Waals surface area contributed by atoms with Crippen molar-refractivity contribution in [1.82, 2.24) is 14.7 Å². The maximum atomic E-state index is 12.7. The maximum absolute atomic E-state index is 12.7. The molecule has 1 fully saturated rings. The molecule has 3 rings (SSSR count). The lowest BCUT2D eigenvalue weighted by Crippen LogP contribution is -2.52. The first-order valence-corrected chi connectivity index (χ1v) is 9.54. The van der Waals surface area contributed by atoms with Gasteiger partial charge in [0, 0.05) is 51.5 Å². The van der Waals surface area contributed by atoms with Gasteiger partial charge in [-0.1, -0.05) is 18.2 Å². The van der Waals surface area contributed by atoms with Crippen LogP contribution in [0.5, 0.6) is 0 Å². The van der Waals surface area contributed by atoms with Crippen molar-refractivity contribution in [1.29, 1.82) is 0 Å². The van der Waals surface area contributed by atoms with Gasteiger partial charge in [0.05, 0.1) is 13.1 Å². The summed E-state index contributed by atoms with van der Waals surface area (Å²) in [7, 11) is 1.86. The van der Waals surface area contributed by atoms with Gasteiger partial charge >= 0.3 is 0 Å². The molecule has 0 spiro atoms. The van der Waals surface area contributed by atoms with Crippen LogP contribution in [0.15, 0.2) is 24.3 Å². The van der Waals surface area contributed by atoms with E-state index in [1.165, 1.54) is 5.56 Å². The number of piperazine rings is 1. The molecule has 0 unspecified atom stereocenters. The third-order valence-electron chi connectivity index (χ3n) is 5.54. The van der Waals surface area contributed by atoms with E-state index < -0.39 is 0 Å². The Morgan fingerprint density at radius 2 is 1.62 bits per heavy atom. The van der Waals surface area contributed by atoms with Crippen LogP contribution in [0, 0.1) is 0 Å². The SMILES string of the molecule is CC(C)N(C)C(=O)CN1CCN(CC(=O)N2CCc3ccccc32)CC1. The molecule has 26 heavy (non-hydrogen) atoms. The largest absolute Gasteiger partial charge is 0.342 e. The summed E-state index contributed by atoms with van der Waals surface area (Å²) in [6, 6.07) is 8.39. The Hall–Kier alpha value is -1.92. The molecule has 0 radical (unpaired) electrons. The van der Waals surface area contributed by atoms with Crippen LogP contribution in [-0.2, 0) is 16.0 Å². The third-order valence-corrected chi connectivity index (χ3v) is 5.54. The van der Waals surface area contributed by atoms with Crippen LogP contribution in [-0.4, -0.2) is 85.4 Å². The van der Waals surface area contributed by atoms with E-state index in [2.05, 4.69) is 15.9 Å². The van der Waals surface area contributed by atoms with Crippen LogP contribution in [0.1, 0.15) is 19.4 Å². The molecule has 2 amide bonds. The van der Waals surface area contributed by atoms with Crippen LogP contribution in [0.3, 0.4) is 0 Å². The van der Waals surface area contributed by atoms with Crippen molar-refractivity contribution in [2.45, 2.75) is 26.3 Å². The van der Waals surface area contributed by atoms with E-state index in [-0.39, 0.29) is 17.9 Å². The second-order valence-corrected chi connectivity index (χ2v) is 7.57. The second-order valence-electron chi connectivity index (χ2n) is 7.57. The van der Waals surface area contributed by atoms with E-state index in [1.807, 2.05) is 44.0 Å². The predicted octanol–water partition coefficient (Wildman–Crippen LogP) is 1.06. The van der Waals surface area contributed by atoms with Crippen molar-refractivity contribution in [2.24, 2.45) is 0 Å². The van der Waals surface area contributed by atoms with Crippen LogP contribution in [0.4, 0.5) is 5.69 Å². The Morgan fingerprint density at radius 1 is 1.00 bits per heavy atom. The van der Waals surface area contributed by atoms with Gasteiger partial charge in [-0.15, -0.1) is 0 Å². The zero-order chi connectivity index (χ0) is 18.7. The minimum absolute atomic E-state index is 0.165. The summed E-state index contributed by atoms with van der Waals surface area (Å²) < 4.78 is 0. The van der Waals surface area contributed by atoms with Gasteiger partial charge < -0.3 is 9.80 Å². The van der Waals surface area contributed by atoms with E-state index >= 15 is 0 Å². The lowest BCUT2D eigenvalue weighted by atomic mass is 10.2. The molecule has 6 nitrogen and oxygen atoms in total. The Balaban J connectivity index is 1.46. The van der Waals surface area contributed by atoms with Gasteiger partial charge in [-0.25, -0.2) is 0 Å². The topological polar surface area (TPSA) is 47.1 Å². The molecule has 2 aliphatic heterocycles. The van der Waals surface area contributed by atoms with Gasteiger partial charge in [0.15, 0.2) is 0 Å². The van der Waals surface area contributed by atoms with Gasteiger partial charge in [0.2, 0.25) is 11.8 Å². The number of carbonyl (C=O) groups excluding carboxylic acids is 2. The van der Waals surface area contributed by atoms with Crippen molar-refractivity contribution >= 4 is 17.5 Å². The summed E-state index contributed by atoms with van der Waals surface area (Å²) >= 11 is 0. The molecule has 0 saturated carbocycles. The quantitative estimate of drug-likeness (QED) is 0.790. The fraction of sp³-hybridized carbons (Fsp3) is 0.600. The molecule has 0 N–H and O–H groups in total. The van der Waals surface area contributed by atoms with Gasteiger partial charge in [-0.3, -0.25) is 19.4 Å². The summed E-state index contributed by atoms with van der Waals surface area (Å²) in [5, 5.41) is 0. The molecule has 2 heterocycles. The van der Waals surface area contributed by atoms with Crippen LogP contribution in [0.25, 0.3) is 0 Å². The van der Waals surface area contributed by atoms with Crippen molar-refractivity contribution in [3.8, 4) is 0 Å². The molecule has 0 aliphatic carbocycles. The molecule has 142 valence electrons. The number of rotatable bonds is 5. The molecule has 6 heteroatoms. The number of hydrogen-bond donors (Lipinski definition) is 0. The van der Waals surface area contributed by atoms with Crippen LogP contribution >= 0.6 is 0 Å². The van der Waals surface area contributed by atoms with Crippen molar-refractivity contribution in [3.05, 3.63) is 29.8 Å². The average molecular weight is 358 g/mol. The minimum Gasteiger partial charge on any atom is -0.342 e. The summed E-state index contributed by atoms with van der Waals surface area (Å²) in [6.45, 7) is 9.10. The standard InChI is InChI=1S/C20H30N4O2/c1-16(2)21(3)19(25)14-22-10-12-23(13-11-22)15-20(26)24-9-8-17-6-4-5-7-18(17)24/h4-7,16H,8-15H2,1-3H3. The van der Waals surface area contributed by atoms with Gasteiger partial charge in [0.1, 0.15) is 0 Å². The minimum atomic E-state index is 0.165. The number of likely N-dealkylation sites (N-methyl/N-ethyl adjacent to an activating group) is 1. The number of amides is 2. The Bertz CT molecular complexity index is 653. The van der Waals surface area contributed by atoms with E-state index in [1.54, 1.807) is 4.90 Å². The molecule has 2 aliphatic rings. The van der Waals surface area contributed by atoms with Gasteiger partial charge in [0.25, 0.3) is 0 Å². The maximum Gasteiger partial charge on any atom is 0.241 e. The van der Waals surface area contributed by atoms with Crippen molar-refractivity contribution < 1.29 is 9.59 Å². The normalized spacial score (nSPS) is 18.2. The molecule has 0 bridgehead atoms. The first-order chi connectivity index (χ1) is 12.5. The molecule has 0 atom stereocenters.